The van der Waals surface area contributed by atoms with Gasteiger partial charge in [-0.15, -0.1) is 0 Å². The molecule has 0 saturated carbocycles. The number of carboxylic acid groups (broad SMARTS) is 1. The second kappa shape index (κ2) is 5.75. The summed E-state index contributed by atoms with van der Waals surface area (Å²) in [7, 11) is -3.87. The van der Waals surface area contributed by atoms with Crippen LogP contribution in [-0.2, 0) is 10.0 Å². The minimum absolute atomic E-state index is 0.0607. The van der Waals surface area contributed by atoms with Crippen LogP contribution in [0.2, 0.25) is 0 Å². The first-order valence-electron chi connectivity index (χ1n) is 5.37. The molecule has 0 unspecified atom stereocenters. The lowest BCUT2D eigenvalue weighted by Crippen LogP contribution is -2.15. The molecule has 104 valence electrons. The van der Waals surface area contributed by atoms with E-state index in [4.69, 9.17) is 5.11 Å². The van der Waals surface area contributed by atoms with Gasteiger partial charge in [0.1, 0.15) is 5.82 Å². The van der Waals surface area contributed by atoms with Crippen LogP contribution < -0.4 is 4.72 Å². The second-order valence-corrected chi connectivity index (χ2v) is 6.61. The molecule has 1 aromatic heterocycles. The van der Waals surface area contributed by atoms with Crippen LogP contribution in [0.25, 0.3) is 0 Å². The van der Waals surface area contributed by atoms with E-state index in [1.54, 1.807) is 12.1 Å². The third-order valence-corrected chi connectivity index (χ3v) is 4.68. The number of sulfonamides is 1. The number of aromatic nitrogens is 1. The molecule has 0 bridgehead atoms. The first kappa shape index (κ1) is 14.7. The summed E-state index contributed by atoms with van der Waals surface area (Å²) in [5.74, 6) is -1.01. The first-order chi connectivity index (χ1) is 9.40. The number of hydrogen-bond acceptors (Lipinski definition) is 4. The van der Waals surface area contributed by atoms with Gasteiger partial charge in [-0.2, -0.15) is 0 Å². The number of carboxylic acids is 1. The van der Waals surface area contributed by atoms with Crippen molar-refractivity contribution in [3.63, 3.8) is 0 Å². The first-order valence-corrected chi connectivity index (χ1v) is 7.93. The molecule has 8 heteroatoms. The van der Waals surface area contributed by atoms with Gasteiger partial charge < -0.3 is 5.11 Å². The van der Waals surface area contributed by atoms with Gasteiger partial charge in [0, 0.05) is 9.77 Å². The summed E-state index contributed by atoms with van der Waals surface area (Å²) in [4.78, 5) is 14.8. The smallest absolute Gasteiger partial charge is 0.336 e. The highest BCUT2D eigenvalue weighted by Gasteiger charge is 2.18. The highest BCUT2D eigenvalue weighted by atomic mass is 127. The molecule has 0 amide bonds. The van der Waals surface area contributed by atoms with E-state index in [2.05, 4.69) is 9.71 Å². The van der Waals surface area contributed by atoms with Crippen LogP contribution in [0.1, 0.15) is 10.4 Å². The fourth-order valence-electron chi connectivity index (χ4n) is 1.46. The molecular formula is C12H9IN2O4S. The van der Waals surface area contributed by atoms with Crippen molar-refractivity contribution in [1.29, 1.82) is 0 Å². The summed E-state index contributed by atoms with van der Waals surface area (Å²) in [6.07, 6.45) is 1.45. The van der Waals surface area contributed by atoms with Crippen LogP contribution >= 0.6 is 22.6 Å². The monoisotopic (exact) mass is 404 g/mol. The van der Waals surface area contributed by atoms with E-state index >= 15 is 0 Å². The van der Waals surface area contributed by atoms with E-state index in [0.717, 1.165) is 6.07 Å². The van der Waals surface area contributed by atoms with Gasteiger partial charge in [-0.3, -0.25) is 4.72 Å². The van der Waals surface area contributed by atoms with Crippen molar-refractivity contribution in [1.82, 2.24) is 4.98 Å². The quantitative estimate of drug-likeness (QED) is 0.762. The Hall–Kier alpha value is -1.68. The average Bonchev–Trinajstić information content (AvgIpc) is 2.39. The molecule has 0 aliphatic heterocycles. The Bertz CT molecular complexity index is 747. The van der Waals surface area contributed by atoms with Gasteiger partial charge in [0.25, 0.3) is 10.0 Å². The van der Waals surface area contributed by atoms with Crippen molar-refractivity contribution < 1.29 is 18.3 Å². The predicted octanol–water partition coefficient (Wildman–Crippen LogP) is 2.19. The molecule has 0 aliphatic carbocycles. The highest BCUT2D eigenvalue weighted by Crippen LogP contribution is 2.20. The Labute approximate surface area is 129 Å². The van der Waals surface area contributed by atoms with Gasteiger partial charge in [0.2, 0.25) is 0 Å². The molecule has 0 aliphatic rings. The normalized spacial score (nSPS) is 11.1. The standard InChI is InChI=1S/C12H9IN2O4S/c13-10-5-4-8(7-9(10)12(16)17)20(18,19)15-11-3-1-2-6-14-11/h1-7H,(H,14,15)(H,16,17). The van der Waals surface area contributed by atoms with Crippen LogP contribution in [0.15, 0.2) is 47.5 Å². The lowest BCUT2D eigenvalue weighted by molar-refractivity contribution is 0.0695. The van der Waals surface area contributed by atoms with Crippen LogP contribution in [0, 0.1) is 3.57 Å². The summed E-state index contributed by atoms with van der Waals surface area (Å²) in [5, 5.41) is 9.01. The molecule has 20 heavy (non-hydrogen) atoms. The number of nitrogens with zero attached hydrogens (tertiary/aromatic N) is 1. The zero-order valence-corrected chi connectivity index (χ0v) is 12.9. The van der Waals surface area contributed by atoms with Crippen molar-refractivity contribution in [3.8, 4) is 0 Å². The maximum atomic E-state index is 12.1. The van der Waals surface area contributed by atoms with E-state index < -0.39 is 16.0 Å². The summed E-state index contributed by atoms with van der Waals surface area (Å²) in [5.41, 5.74) is -0.0607. The molecule has 2 N–H and O–H groups in total. The number of anilines is 1. The van der Waals surface area contributed by atoms with Gasteiger partial charge >= 0.3 is 5.97 Å². The number of pyridine rings is 1. The van der Waals surface area contributed by atoms with Crippen molar-refractivity contribution in [2.45, 2.75) is 4.90 Å². The van der Waals surface area contributed by atoms with Crippen molar-refractivity contribution >= 4 is 44.4 Å². The minimum atomic E-state index is -3.87. The van der Waals surface area contributed by atoms with Crippen LogP contribution in [-0.4, -0.2) is 24.5 Å². The topological polar surface area (TPSA) is 96.4 Å². The minimum Gasteiger partial charge on any atom is -0.478 e. The largest absolute Gasteiger partial charge is 0.478 e. The third-order valence-electron chi connectivity index (χ3n) is 2.38. The summed E-state index contributed by atoms with van der Waals surface area (Å²) in [6, 6.07) is 8.71. The van der Waals surface area contributed by atoms with E-state index in [0.29, 0.717) is 3.57 Å². The molecule has 0 fully saturated rings. The van der Waals surface area contributed by atoms with Gasteiger partial charge in [-0.05, 0) is 52.9 Å². The van der Waals surface area contributed by atoms with E-state index in [1.807, 2.05) is 22.6 Å². The Balaban J connectivity index is 2.40. The zero-order chi connectivity index (χ0) is 14.8. The number of rotatable bonds is 4. The maximum absolute atomic E-state index is 12.1. The second-order valence-electron chi connectivity index (χ2n) is 3.77. The zero-order valence-electron chi connectivity index (χ0n) is 9.95. The molecule has 2 rings (SSSR count). The lowest BCUT2D eigenvalue weighted by atomic mass is 10.2. The molecule has 1 heterocycles. The highest BCUT2D eigenvalue weighted by molar-refractivity contribution is 14.1. The fourth-order valence-corrected chi connectivity index (χ4v) is 3.06. The SMILES string of the molecule is O=C(O)c1cc(S(=O)(=O)Nc2ccccn2)ccc1I. The molecule has 0 saturated heterocycles. The van der Waals surface area contributed by atoms with Crippen LogP contribution in [0.4, 0.5) is 5.82 Å². The van der Waals surface area contributed by atoms with E-state index in [-0.39, 0.29) is 16.3 Å². The number of nitrogens with one attached hydrogen (secondary N) is 1. The Morgan fingerprint density at radius 1 is 1.25 bits per heavy atom. The molecule has 0 atom stereocenters. The van der Waals surface area contributed by atoms with Crippen molar-refractivity contribution in [3.05, 3.63) is 51.7 Å². The predicted molar refractivity (Wildman–Crippen MR) is 81.2 cm³/mol. The van der Waals surface area contributed by atoms with Crippen LogP contribution in [0.5, 0.6) is 0 Å². The Morgan fingerprint density at radius 2 is 2.00 bits per heavy atom. The Kier molecular flexibility index (Phi) is 4.23. The van der Waals surface area contributed by atoms with Gasteiger partial charge in [0.15, 0.2) is 0 Å². The van der Waals surface area contributed by atoms with Crippen molar-refractivity contribution in [2.75, 3.05) is 4.72 Å². The summed E-state index contributed by atoms with van der Waals surface area (Å²) < 4.78 is 27.0. The number of aromatic carboxylic acids is 1. The van der Waals surface area contributed by atoms with Gasteiger partial charge in [0.05, 0.1) is 10.5 Å². The third kappa shape index (κ3) is 3.25. The molecule has 6 nitrogen and oxygen atoms in total. The number of benzene rings is 1. The Morgan fingerprint density at radius 3 is 2.60 bits per heavy atom. The molecular weight excluding hydrogens is 395 g/mol. The molecule has 2 aromatic rings. The maximum Gasteiger partial charge on any atom is 0.336 e. The number of hydrogen-bond donors (Lipinski definition) is 2. The van der Waals surface area contributed by atoms with E-state index in [1.165, 1.54) is 24.4 Å². The van der Waals surface area contributed by atoms with Crippen LogP contribution in [0.3, 0.4) is 0 Å². The number of halogens is 1. The summed E-state index contributed by atoms with van der Waals surface area (Å²) in [6.45, 7) is 0. The summed E-state index contributed by atoms with van der Waals surface area (Å²) >= 11 is 1.84. The lowest BCUT2D eigenvalue weighted by Gasteiger charge is -2.08. The fraction of sp³-hybridized carbons (Fsp3) is 0. The van der Waals surface area contributed by atoms with E-state index in [9.17, 15) is 13.2 Å². The van der Waals surface area contributed by atoms with Gasteiger partial charge in [-0.1, -0.05) is 6.07 Å². The molecule has 0 radical (unpaired) electrons. The van der Waals surface area contributed by atoms with Gasteiger partial charge in [-0.25, -0.2) is 18.2 Å². The molecule has 1 aromatic carbocycles. The van der Waals surface area contributed by atoms with Crippen molar-refractivity contribution in [2.24, 2.45) is 0 Å². The number of carbonyl (C=O) groups is 1. The molecule has 0 spiro atoms. The average molecular weight is 404 g/mol.